The van der Waals surface area contributed by atoms with Gasteiger partial charge >= 0.3 is 6.18 Å². The molecule has 3 unspecified atom stereocenters. The molecule has 2 aliphatic rings. The highest BCUT2D eigenvalue weighted by Crippen LogP contribution is 2.59. The molecule has 0 amide bonds. The molecule has 4 atom stereocenters. The zero-order chi connectivity index (χ0) is 30.5. The highest BCUT2D eigenvalue weighted by Gasteiger charge is 2.55. The van der Waals surface area contributed by atoms with Gasteiger partial charge in [-0.2, -0.15) is 13.2 Å². The molecule has 0 radical (unpaired) electrons. The lowest BCUT2D eigenvalue weighted by molar-refractivity contribution is -0.137. The third-order valence-electron chi connectivity index (χ3n) is 10.1. The Balaban J connectivity index is 1.97. The Labute approximate surface area is 244 Å². The van der Waals surface area contributed by atoms with Crippen molar-refractivity contribution in [1.29, 1.82) is 0 Å². The summed E-state index contributed by atoms with van der Waals surface area (Å²) in [5.41, 5.74) is 2.51. The molecule has 0 fully saturated rings. The number of alkyl halides is 3. The molecule has 4 rings (SSSR count). The minimum atomic E-state index is -4.44. The maximum atomic E-state index is 13.4. The van der Waals surface area contributed by atoms with E-state index < -0.39 is 31.7 Å². The SMILES string of the molecule is CC(C)C1(C)C([C@@H](O)c2ccc(C(F)(F)F)cc2)C(C2=CCOCC2)c2c(O[Si](C)(C)C(C)(C)C)cccc2N1C. The van der Waals surface area contributed by atoms with E-state index in [0.717, 1.165) is 29.1 Å². The number of hydrogen-bond donors (Lipinski definition) is 1. The minimum Gasteiger partial charge on any atom is -0.543 e. The van der Waals surface area contributed by atoms with Crippen LogP contribution in [0.1, 0.15) is 76.7 Å². The zero-order valence-corrected chi connectivity index (χ0v) is 26.9. The van der Waals surface area contributed by atoms with Crippen LogP contribution in [0, 0.1) is 11.8 Å². The van der Waals surface area contributed by atoms with Gasteiger partial charge in [0, 0.05) is 35.7 Å². The number of aliphatic hydroxyl groups excluding tert-OH is 1. The van der Waals surface area contributed by atoms with Crippen LogP contribution < -0.4 is 9.33 Å². The number of benzene rings is 2. The zero-order valence-electron chi connectivity index (χ0n) is 25.9. The minimum absolute atomic E-state index is 0.0185. The van der Waals surface area contributed by atoms with Gasteiger partial charge in [0.25, 0.3) is 0 Å². The fourth-order valence-electron chi connectivity index (χ4n) is 6.25. The number of hydrogen-bond acceptors (Lipinski definition) is 4. The Hall–Kier alpha value is -2.29. The third-order valence-corrected chi connectivity index (χ3v) is 14.5. The highest BCUT2D eigenvalue weighted by molar-refractivity contribution is 6.74. The smallest absolute Gasteiger partial charge is 0.416 e. The number of anilines is 1. The third kappa shape index (κ3) is 5.72. The van der Waals surface area contributed by atoms with Crippen LogP contribution in [0.25, 0.3) is 0 Å². The number of ether oxygens (including phenoxy) is 1. The number of halogens is 3. The quantitative estimate of drug-likeness (QED) is 0.270. The van der Waals surface area contributed by atoms with Crippen LogP contribution in [0.5, 0.6) is 5.75 Å². The first-order valence-corrected chi connectivity index (χ1v) is 17.5. The molecule has 8 heteroatoms. The van der Waals surface area contributed by atoms with E-state index >= 15 is 0 Å². The van der Waals surface area contributed by atoms with Gasteiger partial charge in [-0.05, 0) is 67.2 Å². The van der Waals surface area contributed by atoms with Crippen LogP contribution in [-0.2, 0) is 10.9 Å². The second-order valence-electron chi connectivity index (χ2n) is 13.7. The monoisotopic (exact) mass is 589 g/mol. The van der Waals surface area contributed by atoms with Crippen LogP contribution in [0.2, 0.25) is 18.1 Å². The van der Waals surface area contributed by atoms with Crippen LogP contribution in [-0.4, -0.2) is 39.2 Å². The summed E-state index contributed by atoms with van der Waals surface area (Å²) < 4.78 is 52.9. The molecular formula is C33H46F3NO3Si. The van der Waals surface area contributed by atoms with Crippen molar-refractivity contribution in [1.82, 2.24) is 0 Å². The average Bonchev–Trinajstić information content (AvgIpc) is 2.89. The predicted octanol–water partition coefficient (Wildman–Crippen LogP) is 8.73. The summed E-state index contributed by atoms with van der Waals surface area (Å²) >= 11 is 0. The standard InChI is InChI=1S/C33H46F3NO3Si/c1-21(2)32(6)29(30(38)23-13-15-24(16-14-23)33(34,35)36)27(22-17-19-39-20-18-22)28-25(37(32)7)11-10-12-26(28)40-41(8,9)31(3,4)5/h10-17,21,27,29-30,38H,18-20H2,1-9H3/t27?,29?,30-,32?/m0/s1. The Bertz CT molecular complexity index is 1270. The molecule has 0 aliphatic carbocycles. The summed E-state index contributed by atoms with van der Waals surface area (Å²) in [6, 6.07) is 11.2. The first kappa shape index (κ1) is 31.6. The van der Waals surface area contributed by atoms with E-state index in [1.54, 1.807) is 0 Å². The molecule has 2 aromatic rings. The first-order valence-electron chi connectivity index (χ1n) is 14.6. The van der Waals surface area contributed by atoms with Crippen LogP contribution in [0.3, 0.4) is 0 Å². The lowest BCUT2D eigenvalue weighted by Crippen LogP contribution is -2.60. The molecular weight excluding hydrogens is 543 g/mol. The van der Waals surface area contributed by atoms with Crippen molar-refractivity contribution in [2.24, 2.45) is 11.8 Å². The Morgan fingerprint density at radius 1 is 1.07 bits per heavy atom. The van der Waals surface area contributed by atoms with Crippen LogP contribution >= 0.6 is 0 Å². The highest BCUT2D eigenvalue weighted by atomic mass is 28.4. The first-order chi connectivity index (χ1) is 18.9. The van der Waals surface area contributed by atoms with E-state index in [2.05, 4.69) is 78.7 Å². The van der Waals surface area contributed by atoms with Gasteiger partial charge in [0.05, 0.1) is 24.9 Å². The maximum absolute atomic E-state index is 13.4. The number of rotatable bonds is 6. The van der Waals surface area contributed by atoms with Gasteiger partial charge in [-0.15, -0.1) is 0 Å². The molecule has 1 N–H and O–H groups in total. The van der Waals surface area contributed by atoms with Crippen molar-refractivity contribution < 1.29 is 27.4 Å². The lowest BCUT2D eigenvalue weighted by atomic mass is 9.59. The van der Waals surface area contributed by atoms with E-state index in [9.17, 15) is 18.3 Å². The summed E-state index contributed by atoms with van der Waals surface area (Å²) in [5.74, 6) is 0.359. The molecule has 0 aromatic heterocycles. The lowest BCUT2D eigenvalue weighted by Gasteiger charge is -2.58. The molecule has 0 spiro atoms. The van der Waals surface area contributed by atoms with Crippen molar-refractivity contribution in [3.8, 4) is 5.75 Å². The van der Waals surface area contributed by atoms with Crippen molar-refractivity contribution in [2.75, 3.05) is 25.2 Å². The van der Waals surface area contributed by atoms with Gasteiger partial charge in [-0.25, -0.2) is 0 Å². The van der Waals surface area contributed by atoms with E-state index in [1.165, 1.54) is 17.7 Å². The Kier molecular flexibility index (Phi) is 8.55. The molecule has 2 aliphatic heterocycles. The average molecular weight is 590 g/mol. The number of aliphatic hydroxyl groups is 1. The van der Waals surface area contributed by atoms with Gasteiger partial charge in [-0.1, -0.05) is 64.5 Å². The number of nitrogens with zero attached hydrogens (tertiary/aromatic N) is 1. The molecule has 41 heavy (non-hydrogen) atoms. The largest absolute Gasteiger partial charge is 0.543 e. The number of fused-ring (bicyclic) bond motifs is 1. The van der Waals surface area contributed by atoms with E-state index in [4.69, 9.17) is 9.16 Å². The Morgan fingerprint density at radius 2 is 1.71 bits per heavy atom. The Morgan fingerprint density at radius 3 is 2.22 bits per heavy atom. The summed E-state index contributed by atoms with van der Waals surface area (Å²) in [6.07, 6.45) is -2.62. The van der Waals surface area contributed by atoms with Crippen LogP contribution in [0.15, 0.2) is 54.1 Å². The summed E-state index contributed by atoms with van der Waals surface area (Å²) in [6.45, 7) is 18.7. The van der Waals surface area contributed by atoms with E-state index in [1.807, 2.05) is 12.1 Å². The van der Waals surface area contributed by atoms with Gasteiger partial charge < -0.3 is 19.2 Å². The normalized spacial score (nSPS) is 24.6. The molecule has 226 valence electrons. The molecule has 2 aromatic carbocycles. The molecule has 2 heterocycles. The van der Waals surface area contributed by atoms with Crippen molar-refractivity contribution >= 4 is 14.0 Å². The van der Waals surface area contributed by atoms with Crippen molar-refractivity contribution in [2.45, 2.75) is 89.8 Å². The summed E-state index contributed by atoms with van der Waals surface area (Å²) in [7, 11) is -0.167. The fraction of sp³-hybridized carbons (Fsp3) is 0.576. The van der Waals surface area contributed by atoms with Crippen LogP contribution in [0.4, 0.5) is 18.9 Å². The van der Waals surface area contributed by atoms with Gasteiger partial charge in [0.1, 0.15) is 5.75 Å². The molecule has 0 bridgehead atoms. The second kappa shape index (κ2) is 11.1. The van der Waals surface area contributed by atoms with E-state index in [-0.39, 0.29) is 22.8 Å². The maximum Gasteiger partial charge on any atom is 0.416 e. The second-order valence-corrected chi connectivity index (χ2v) is 18.4. The summed E-state index contributed by atoms with van der Waals surface area (Å²) in [5, 5.41) is 12.2. The topological polar surface area (TPSA) is 41.9 Å². The van der Waals surface area contributed by atoms with Crippen molar-refractivity contribution in [3.63, 3.8) is 0 Å². The van der Waals surface area contributed by atoms with Gasteiger partial charge in [0.15, 0.2) is 0 Å². The predicted molar refractivity (Wildman–Crippen MR) is 162 cm³/mol. The van der Waals surface area contributed by atoms with Gasteiger partial charge in [0.2, 0.25) is 8.32 Å². The fourth-order valence-corrected chi connectivity index (χ4v) is 7.28. The van der Waals surface area contributed by atoms with Gasteiger partial charge in [-0.3, -0.25) is 0 Å². The molecule has 4 nitrogen and oxygen atoms in total. The van der Waals surface area contributed by atoms with E-state index in [0.29, 0.717) is 25.2 Å². The molecule has 0 saturated heterocycles. The molecule has 0 saturated carbocycles. The van der Waals surface area contributed by atoms with Crippen molar-refractivity contribution in [3.05, 3.63) is 70.8 Å². The summed E-state index contributed by atoms with van der Waals surface area (Å²) in [4.78, 5) is 2.26.